The van der Waals surface area contributed by atoms with Crippen LogP contribution < -0.4 is 0 Å². The number of likely N-dealkylation sites (N-methyl/N-ethyl adjacent to an activating group) is 1. The minimum Gasteiger partial charge on any atom is -0.479 e. The molecule has 1 amide bonds. The number of amides is 1. The van der Waals surface area contributed by atoms with Crippen molar-refractivity contribution in [3.8, 4) is 0 Å². The molecular formula is C12H14FNO3. The number of aliphatic carboxylic acids is 1. The van der Waals surface area contributed by atoms with E-state index in [4.69, 9.17) is 0 Å². The molecule has 0 aliphatic carbocycles. The highest BCUT2D eigenvalue weighted by Crippen LogP contribution is 2.29. The fourth-order valence-corrected chi connectivity index (χ4v) is 1.61. The van der Waals surface area contributed by atoms with E-state index in [0.29, 0.717) is 0 Å². The lowest BCUT2D eigenvalue weighted by atomic mass is 9.90. The van der Waals surface area contributed by atoms with Crippen LogP contribution in [0.5, 0.6) is 0 Å². The van der Waals surface area contributed by atoms with Crippen molar-refractivity contribution in [2.24, 2.45) is 0 Å². The Morgan fingerprint density at radius 3 is 2.29 bits per heavy atom. The van der Waals surface area contributed by atoms with Crippen molar-refractivity contribution >= 4 is 11.9 Å². The zero-order valence-corrected chi connectivity index (χ0v) is 9.90. The average Bonchev–Trinajstić information content (AvgIpc) is 2.27. The summed E-state index contributed by atoms with van der Waals surface area (Å²) in [5, 5.41) is 9.27. The normalized spacial score (nSPS) is 13.9. The Hall–Kier alpha value is -1.91. The summed E-state index contributed by atoms with van der Waals surface area (Å²) in [7, 11) is 1.34. The van der Waals surface area contributed by atoms with Crippen molar-refractivity contribution in [1.29, 1.82) is 0 Å². The molecule has 0 saturated carbocycles. The fourth-order valence-electron chi connectivity index (χ4n) is 1.61. The van der Waals surface area contributed by atoms with E-state index in [9.17, 15) is 19.1 Å². The second-order valence-corrected chi connectivity index (χ2v) is 3.94. The van der Waals surface area contributed by atoms with Crippen molar-refractivity contribution in [1.82, 2.24) is 4.90 Å². The van der Waals surface area contributed by atoms with Gasteiger partial charge in [-0.05, 0) is 13.0 Å². The number of carbonyl (C=O) groups excluding carboxylic acids is 1. The lowest BCUT2D eigenvalue weighted by Gasteiger charge is -2.34. The summed E-state index contributed by atoms with van der Waals surface area (Å²) in [5.41, 5.74) is -1.75. The molecule has 0 spiro atoms. The van der Waals surface area contributed by atoms with Gasteiger partial charge in [0.2, 0.25) is 5.91 Å². The lowest BCUT2D eigenvalue weighted by molar-refractivity contribution is -0.156. The number of carboxylic acids is 1. The van der Waals surface area contributed by atoms with E-state index in [-0.39, 0.29) is 5.56 Å². The van der Waals surface area contributed by atoms with Crippen LogP contribution in [0.4, 0.5) is 4.39 Å². The molecule has 17 heavy (non-hydrogen) atoms. The largest absolute Gasteiger partial charge is 0.479 e. The molecule has 4 nitrogen and oxygen atoms in total. The van der Waals surface area contributed by atoms with Gasteiger partial charge >= 0.3 is 5.97 Å². The Morgan fingerprint density at radius 1 is 1.35 bits per heavy atom. The molecule has 0 heterocycles. The predicted octanol–water partition coefficient (Wildman–Crippen LogP) is 1.60. The molecule has 1 aromatic carbocycles. The minimum atomic E-state index is -1.71. The Kier molecular flexibility index (Phi) is 3.50. The summed E-state index contributed by atoms with van der Waals surface area (Å²) in [5.74, 6) is -2.37. The molecule has 1 atom stereocenters. The summed E-state index contributed by atoms with van der Waals surface area (Å²) < 4.78 is 13.7. The van der Waals surface area contributed by atoms with E-state index in [2.05, 4.69) is 0 Å². The molecule has 0 bridgehead atoms. The number of carboxylic acid groups (broad SMARTS) is 1. The molecule has 0 aliphatic heterocycles. The smallest absolute Gasteiger partial charge is 0.334 e. The summed E-state index contributed by atoms with van der Waals surface area (Å²) in [6, 6.07) is 5.54. The first-order valence-corrected chi connectivity index (χ1v) is 5.04. The van der Waals surface area contributed by atoms with E-state index < -0.39 is 23.2 Å². The molecule has 0 radical (unpaired) electrons. The zero-order valence-electron chi connectivity index (χ0n) is 9.90. The van der Waals surface area contributed by atoms with Crippen LogP contribution in [0.2, 0.25) is 0 Å². The molecule has 0 aromatic heterocycles. The van der Waals surface area contributed by atoms with Gasteiger partial charge in [-0.25, -0.2) is 9.18 Å². The van der Waals surface area contributed by atoms with Crippen LogP contribution in [0.15, 0.2) is 24.3 Å². The van der Waals surface area contributed by atoms with E-state index in [0.717, 1.165) is 4.90 Å². The highest BCUT2D eigenvalue weighted by molar-refractivity contribution is 5.86. The highest BCUT2D eigenvalue weighted by atomic mass is 19.1. The molecule has 0 aliphatic rings. The third kappa shape index (κ3) is 2.13. The maximum Gasteiger partial charge on any atom is 0.334 e. The van der Waals surface area contributed by atoms with Gasteiger partial charge in [-0.2, -0.15) is 0 Å². The summed E-state index contributed by atoms with van der Waals surface area (Å²) in [6.07, 6.45) is 0. The number of halogens is 1. The molecule has 0 saturated heterocycles. The van der Waals surface area contributed by atoms with Gasteiger partial charge in [0, 0.05) is 19.5 Å². The second kappa shape index (κ2) is 4.53. The number of carbonyl (C=O) groups is 2. The third-order valence-electron chi connectivity index (χ3n) is 2.96. The Bertz CT molecular complexity index is 461. The van der Waals surface area contributed by atoms with Crippen LogP contribution in [0.3, 0.4) is 0 Å². The van der Waals surface area contributed by atoms with E-state index in [1.54, 1.807) is 0 Å². The van der Waals surface area contributed by atoms with E-state index in [1.165, 1.54) is 45.2 Å². The van der Waals surface area contributed by atoms with Crippen molar-refractivity contribution in [3.05, 3.63) is 35.6 Å². The number of nitrogens with zero attached hydrogens (tertiary/aromatic N) is 1. The number of hydrogen-bond donors (Lipinski definition) is 1. The standard InChI is InChI=1S/C12H14FNO3/c1-8(15)14(3)12(2,11(16)17)9-6-4-5-7-10(9)13/h4-7H,1-3H3,(H,16,17). The first kappa shape index (κ1) is 13.2. The first-order valence-electron chi connectivity index (χ1n) is 5.04. The quantitative estimate of drug-likeness (QED) is 0.871. The van der Waals surface area contributed by atoms with Gasteiger partial charge in [-0.15, -0.1) is 0 Å². The number of rotatable bonds is 3. The third-order valence-corrected chi connectivity index (χ3v) is 2.96. The van der Waals surface area contributed by atoms with E-state index >= 15 is 0 Å². The molecule has 0 fully saturated rings. The van der Waals surface area contributed by atoms with Gasteiger partial charge in [-0.1, -0.05) is 18.2 Å². The van der Waals surface area contributed by atoms with Crippen LogP contribution in [-0.4, -0.2) is 28.9 Å². The van der Waals surface area contributed by atoms with Crippen molar-refractivity contribution in [3.63, 3.8) is 0 Å². The first-order chi connectivity index (χ1) is 7.81. The topological polar surface area (TPSA) is 57.6 Å². The molecule has 5 heteroatoms. The maximum absolute atomic E-state index is 13.7. The molecular weight excluding hydrogens is 225 g/mol. The van der Waals surface area contributed by atoms with Gasteiger partial charge in [0.25, 0.3) is 0 Å². The Balaban J connectivity index is 3.41. The zero-order chi connectivity index (χ0) is 13.2. The Labute approximate surface area is 98.7 Å². The average molecular weight is 239 g/mol. The van der Waals surface area contributed by atoms with Crippen LogP contribution in [-0.2, 0) is 15.1 Å². The predicted molar refractivity (Wildman–Crippen MR) is 59.8 cm³/mol. The fraction of sp³-hybridized carbons (Fsp3) is 0.333. The monoisotopic (exact) mass is 239 g/mol. The van der Waals surface area contributed by atoms with Crippen LogP contribution in [0.25, 0.3) is 0 Å². The number of benzene rings is 1. The summed E-state index contributed by atoms with van der Waals surface area (Å²) >= 11 is 0. The SMILES string of the molecule is CC(=O)N(C)C(C)(C(=O)O)c1ccccc1F. The summed E-state index contributed by atoms with van der Waals surface area (Å²) in [4.78, 5) is 23.7. The van der Waals surface area contributed by atoms with Crippen molar-refractivity contribution < 1.29 is 19.1 Å². The van der Waals surface area contributed by atoms with Gasteiger partial charge in [0.1, 0.15) is 5.82 Å². The maximum atomic E-state index is 13.7. The Morgan fingerprint density at radius 2 is 1.88 bits per heavy atom. The highest BCUT2D eigenvalue weighted by Gasteiger charge is 2.42. The molecule has 1 aromatic rings. The van der Waals surface area contributed by atoms with Crippen LogP contribution >= 0.6 is 0 Å². The van der Waals surface area contributed by atoms with Crippen LogP contribution in [0.1, 0.15) is 19.4 Å². The van der Waals surface area contributed by atoms with E-state index in [1.807, 2.05) is 0 Å². The molecule has 1 unspecified atom stereocenters. The molecule has 1 N–H and O–H groups in total. The molecule has 1 rings (SSSR count). The molecule has 92 valence electrons. The van der Waals surface area contributed by atoms with Gasteiger partial charge in [-0.3, -0.25) is 4.79 Å². The van der Waals surface area contributed by atoms with Crippen LogP contribution in [0, 0.1) is 5.82 Å². The lowest BCUT2D eigenvalue weighted by Crippen LogP contribution is -2.50. The van der Waals surface area contributed by atoms with Crippen molar-refractivity contribution in [2.75, 3.05) is 7.05 Å². The summed E-state index contributed by atoms with van der Waals surface area (Å²) in [6.45, 7) is 2.54. The second-order valence-electron chi connectivity index (χ2n) is 3.94. The van der Waals surface area contributed by atoms with Gasteiger partial charge < -0.3 is 10.0 Å². The van der Waals surface area contributed by atoms with Gasteiger partial charge in [0.15, 0.2) is 5.54 Å². The van der Waals surface area contributed by atoms with Gasteiger partial charge in [0.05, 0.1) is 0 Å². The number of hydrogen-bond acceptors (Lipinski definition) is 2. The van der Waals surface area contributed by atoms with Crippen molar-refractivity contribution in [2.45, 2.75) is 19.4 Å². The minimum absolute atomic E-state index is 0.0369.